The number of anilines is 3. The second-order valence-electron chi connectivity index (χ2n) is 9.49. The van der Waals surface area contributed by atoms with E-state index >= 15 is 0 Å². The van der Waals surface area contributed by atoms with Gasteiger partial charge in [0.25, 0.3) is 10.0 Å². The van der Waals surface area contributed by atoms with E-state index in [1.54, 1.807) is 48.3 Å². The number of carboxylic acid groups (broad SMARTS) is 2. The smallest absolute Gasteiger partial charge is 0.414 e. The van der Waals surface area contributed by atoms with E-state index in [0.29, 0.717) is 11.4 Å². The molecule has 42 heavy (non-hydrogen) atoms. The van der Waals surface area contributed by atoms with Crippen LogP contribution < -0.4 is 14.9 Å². The second kappa shape index (κ2) is 14.8. The van der Waals surface area contributed by atoms with Gasteiger partial charge in [0.1, 0.15) is 0 Å². The number of likely N-dealkylation sites (N-methyl/N-ethyl adjacent to an activating group) is 1. The number of carbonyl (C=O) groups is 4. The van der Waals surface area contributed by atoms with Crippen molar-refractivity contribution in [2.75, 3.05) is 42.1 Å². The van der Waals surface area contributed by atoms with Gasteiger partial charge in [-0.05, 0) is 69.3 Å². The summed E-state index contributed by atoms with van der Waals surface area (Å²) in [4.78, 5) is 45.0. The third kappa shape index (κ3) is 9.71. The number of carbonyl (C=O) groups excluding carboxylic acids is 2. The molecular formula is C29H34N4O8S. The second-order valence-corrected chi connectivity index (χ2v) is 11.5. The fourth-order valence-corrected chi connectivity index (χ4v) is 5.21. The highest BCUT2D eigenvalue weighted by atomic mass is 32.2. The number of para-hydroxylation sites is 1. The number of sulfonamides is 1. The van der Waals surface area contributed by atoms with Crippen molar-refractivity contribution in [1.82, 2.24) is 4.90 Å². The number of benzene rings is 3. The zero-order valence-electron chi connectivity index (χ0n) is 23.9. The largest absolute Gasteiger partial charge is 0.473 e. The predicted octanol–water partition coefficient (Wildman–Crippen LogP) is 3.10. The van der Waals surface area contributed by atoms with Gasteiger partial charge in [-0.25, -0.2) is 18.0 Å². The summed E-state index contributed by atoms with van der Waals surface area (Å²) in [5.41, 5.74) is 4.75. The molecule has 224 valence electrons. The van der Waals surface area contributed by atoms with E-state index in [2.05, 4.69) is 10.6 Å². The third-order valence-corrected chi connectivity index (χ3v) is 7.63. The van der Waals surface area contributed by atoms with Gasteiger partial charge in [0.15, 0.2) is 0 Å². The summed E-state index contributed by atoms with van der Waals surface area (Å²) in [6.45, 7) is 5.87. The molecule has 2 amide bonds. The minimum absolute atomic E-state index is 0.0243. The number of amides is 2. The quantitative estimate of drug-likeness (QED) is 0.270. The lowest BCUT2D eigenvalue weighted by atomic mass is 10.1. The van der Waals surface area contributed by atoms with E-state index in [1.165, 1.54) is 23.5 Å². The van der Waals surface area contributed by atoms with Gasteiger partial charge in [-0.1, -0.05) is 42.0 Å². The average molecular weight is 599 g/mol. The molecule has 0 aromatic heterocycles. The van der Waals surface area contributed by atoms with E-state index in [1.807, 2.05) is 39.0 Å². The minimum atomic E-state index is -3.81. The normalized spacial score (nSPS) is 10.7. The molecule has 0 spiro atoms. The monoisotopic (exact) mass is 598 g/mol. The first-order valence-corrected chi connectivity index (χ1v) is 14.0. The van der Waals surface area contributed by atoms with Crippen molar-refractivity contribution >= 4 is 50.8 Å². The van der Waals surface area contributed by atoms with Crippen molar-refractivity contribution in [3.05, 3.63) is 83.4 Å². The van der Waals surface area contributed by atoms with Crippen LogP contribution in [0.15, 0.2) is 71.6 Å². The molecule has 4 N–H and O–H groups in total. The highest BCUT2D eigenvalue weighted by molar-refractivity contribution is 7.92. The standard InChI is InChI=1S/C27H32N4O4S.C2H2O4/c1-19-14-20(2)27(21(3)15-19)29-26(33)18-30(4)17-25(32)28-22-10-9-13-24(16-22)36(34,35)31(5)23-11-7-6-8-12-23;3-1(4)2(5)6/h6-16H,17-18H2,1-5H3,(H,28,32)(H,29,33);(H,3,4)(H,5,6). The van der Waals surface area contributed by atoms with Gasteiger partial charge in [-0.2, -0.15) is 0 Å². The summed E-state index contributed by atoms with van der Waals surface area (Å²) >= 11 is 0. The first-order chi connectivity index (χ1) is 19.6. The van der Waals surface area contributed by atoms with Gasteiger partial charge < -0.3 is 20.8 Å². The number of rotatable bonds is 9. The topological polar surface area (TPSA) is 173 Å². The Kier molecular flexibility index (Phi) is 11.8. The lowest BCUT2D eigenvalue weighted by molar-refractivity contribution is -0.159. The highest BCUT2D eigenvalue weighted by Crippen LogP contribution is 2.24. The van der Waals surface area contributed by atoms with Gasteiger partial charge in [0.05, 0.1) is 23.7 Å². The summed E-state index contributed by atoms with van der Waals surface area (Å²) in [5.74, 6) is -4.23. The van der Waals surface area contributed by atoms with Gasteiger partial charge in [0, 0.05) is 18.4 Å². The Labute approximate surface area is 244 Å². The number of nitrogens with zero attached hydrogens (tertiary/aromatic N) is 2. The van der Waals surface area contributed by atoms with Crippen molar-refractivity contribution in [1.29, 1.82) is 0 Å². The summed E-state index contributed by atoms with van der Waals surface area (Å²) in [5, 5.41) is 20.4. The summed E-state index contributed by atoms with van der Waals surface area (Å²) in [6.07, 6.45) is 0. The third-order valence-electron chi connectivity index (χ3n) is 5.85. The molecule has 0 saturated carbocycles. The number of nitrogens with one attached hydrogen (secondary N) is 2. The van der Waals surface area contributed by atoms with Crippen LogP contribution in [0.5, 0.6) is 0 Å². The van der Waals surface area contributed by atoms with Gasteiger partial charge in [0.2, 0.25) is 11.8 Å². The zero-order valence-corrected chi connectivity index (χ0v) is 24.7. The molecule has 0 aliphatic rings. The molecule has 3 aromatic carbocycles. The summed E-state index contributed by atoms with van der Waals surface area (Å²) in [7, 11) is -0.658. The Morgan fingerprint density at radius 1 is 0.738 bits per heavy atom. The van der Waals surface area contributed by atoms with Crippen LogP contribution in [0, 0.1) is 20.8 Å². The Bertz CT molecular complexity index is 1520. The fraction of sp³-hybridized carbons (Fsp3) is 0.241. The number of hydrogen-bond donors (Lipinski definition) is 4. The number of aryl methyl sites for hydroxylation is 3. The summed E-state index contributed by atoms with van der Waals surface area (Å²) < 4.78 is 27.3. The van der Waals surface area contributed by atoms with Crippen LogP contribution in [-0.4, -0.2) is 74.5 Å². The molecule has 12 nitrogen and oxygen atoms in total. The molecule has 0 unspecified atom stereocenters. The first-order valence-electron chi connectivity index (χ1n) is 12.6. The number of carboxylic acids is 2. The van der Waals surface area contributed by atoms with Gasteiger partial charge in [-0.3, -0.25) is 18.8 Å². The highest BCUT2D eigenvalue weighted by Gasteiger charge is 2.22. The average Bonchev–Trinajstić information content (AvgIpc) is 2.91. The van der Waals surface area contributed by atoms with Gasteiger partial charge in [-0.15, -0.1) is 0 Å². The predicted molar refractivity (Wildman–Crippen MR) is 159 cm³/mol. The molecule has 0 bridgehead atoms. The first kappa shape index (κ1) is 33.5. The molecule has 3 rings (SSSR count). The molecule has 0 heterocycles. The van der Waals surface area contributed by atoms with Crippen LogP contribution in [0.3, 0.4) is 0 Å². The Hall–Kier alpha value is -4.75. The Morgan fingerprint density at radius 3 is 1.79 bits per heavy atom. The maximum Gasteiger partial charge on any atom is 0.414 e. The lowest BCUT2D eigenvalue weighted by Gasteiger charge is -2.20. The van der Waals surface area contributed by atoms with E-state index in [0.717, 1.165) is 22.4 Å². The van der Waals surface area contributed by atoms with Crippen LogP contribution in [-0.2, 0) is 29.2 Å². The van der Waals surface area contributed by atoms with Crippen LogP contribution in [0.2, 0.25) is 0 Å². The number of aliphatic carboxylic acids is 2. The van der Waals surface area contributed by atoms with Crippen molar-refractivity contribution in [3.8, 4) is 0 Å². The van der Waals surface area contributed by atoms with E-state index in [9.17, 15) is 18.0 Å². The summed E-state index contributed by atoms with van der Waals surface area (Å²) in [6, 6.07) is 18.9. The minimum Gasteiger partial charge on any atom is -0.473 e. The zero-order chi connectivity index (χ0) is 31.6. The van der Waals surface area contributed by atoms with Crippen molar-refractivity contribution in [3.63, 3.8) is 0 Å². The molecule has 13 heteroatoms. The molecular weight excluding hydrogens is 564 g/mol. The number of hydrogen-bond acceptors (Lipinski definition) is 7. The van der Waals surface area contributed by atoms with Crippen molar-refractivity contribution < 1.29 is 37.8 Å². The van der Waals surface area contributed by atoms with E-state index in [-0.39, 0.29) is 29.8 Å². The molecule has 0 atom stereocenters. The van der Waals surface area contributed by atoms with E-state index < -0.39 is 22.0 Å². The van der Waals surface area contributed by atoms with Crippen LogP contribution in [0.4, 0.5) is 17.1 Å². The van der Waals surface area contributed by atoms with Crippen molar-refractivity contribution in [2.45, 2.75) is 25.7 Å². The van der Waals surface area contributed by atoms with Gasteiger partial charge >= 0.3 is 11.9 Å². The molecule has 0 aliphatic carbocycles. The Morgan fingerprint density at radius 2 is 1.26 bits per heavy atom. The molecule has 0 radical (unpaired) electrons. The maximum atomic E-state index is 13.0. The van der Waals surface area contributed by atoms with Crippen LogP contribution in [0.25, 0.3) is 0 Å². The fourth-order valence-electron chi connectivity index (χ4n) is 3.97. The van der Waals surface area contributed by atoms with Crippen LogP contribution in [0.1, 0.15) is 16.7 Å². The van der Waals surface area contributed by atoms with Crippen LogP contribution >= 0.6 is 0 Å². The molecule has 0 saturated heterocycles. The molecule has 0 aliphatic heterocycles. The van der Waals surface area contributed by atoms with Crippen molar-refractivity contribution in [2.24, 2.45) is 0 Å². The SMILES string of the molecule is Cc1cc(C)c(NC(=O)CN(C)CC(=O)Nc2cccc(S(=O)(=O)N(C)c3ccccc3)c2)c(C)c1.O=C(O)C(=O)O. The maximum absolute atomic E-state index is 13.0. The van der Waals surface area contributed by atoms with E-state index in [4.69, 9.17) is 19.8 Å². The molecule has 0 fully saturated rings. The Balaban J connectivity index is 0.000000928. The lowest BCUT2D eigenvalue weighted by Crippen LogP contribution is -2.36. The molecule has 3 aromatic rings.